The monoisotopic (exact) mass is 258 g/mol. The number of fused-ring (bicyclic) bond motifs is 1. The van der Waals surface area contributed by atoms with Crippen LogP contribution >= 0.6 is 11.6 Å². The molecular formula is C13H11ClN4. The van der Waals surface area contributed by atoms with Crippen LogP contribution in [0.3, 0.4) is 0 Å². The highest BCUT2D eigenvalue weighted by Gasteiger charge is 2.01. The minimum Gasteiger partial charge on any atom is -0.245 e. The Hall–Kier alpha value is -2.07. The molecule has 0 unspecified atom stereocenters. The molecule has 2 heterocycles. The first-order valence-electron chi connectivity index (χ1n) is 5.36. The van der Waals surface area contributed by atoms with Gasteiger partial charge in [0, 0.05) is 23.2 Å². The highest BCUT2D eigenvalue weighted by molar-refractivity contribution is 6.34. The molecule has 1 aromatic carbocycles. The number of hydrogen-bond acceptors (Lipinski definition) is 4. The average molecular weight is 259 g/mol. The predicted molar refractivity (Wildman–Crippen MR) is 71.3 cm³/mol. The highest BCUT2D eigenvalue weighted by Crippen LogP contribution is 2.21. The van der Waals surface area contributed by atoms with Crippen LogP contribution in [-0.4, -0.2) is 20.2 Å². The van der Waals surface area contributed by atoms with Crippen LogP contribution in [0.5, 0.6) is 0 Å². The van der Waals surface area contributed by atoms with Gasteiger partial charge in [0.05, 0.1) is 5.69 Å². The number of halogens is 1. The van der Waals surface area contributed by atoms with E-state index in [4.69, 9.17) is 11.6 Å². The van der Waals surface area contributed by atoms with Crippen LogP contribution in [0.15, 0.2) is 49.1 Å². The first-order chi connectivity index (χ1) is 8.79. The van der Waals surface area contributed by atoms with Crippen molar-refractivity contribution >= 4 is 22.4 Å². The van der Waals surface area contributed by atoms with E-state index < -0.39 is 0 Å². The second-order valence-corrected chi connectivity index (χ2v) is 3.88. The molecule has 0 aliphatic rings. The Morgan fingerprint density at radius 1 is 0.889 bits per heavy atom. The van der Waals surface area contributed by atoms with Gasteiger partial charge in [-0.1, -0.05) is 35.9 Å². The number of benzene rings is 1. The molecule has 0 aliphatic heterocycles. The summed E-state index contributed by atoms with van der Waals surface area (Å²) in [5.41, 5.74) is 0.912. The quantitative estimate of drug-likeness (QED) is 0.622. The second kappa shape index (κ2) is 6.02. The molecule has 90 valence electrons. The van der Waals surface area contributed by atoms with Crippen molar-refractivity contribution in [1.82, 2.24) is 20.2 Å². The molecule has 0 saturated heterocycles. The zero-order valence-corrected chi connectivity index (χ0v) is 10.5. The highest BCUT2D eigenvalue weighted by atomic mass is 35.5. The number of nitrogens with zero attached hydrogens (tertiary/aromatic N) is 4. The molecule has 5 heteroatoms. The molecule has 0 N–H and O–H groups in total. The van der Waals surface area contributed by atoms with Gasteiger partial charge in [-0.25, -0.2) is 9.97 Å². The third-order valence-corrected chi connectivity index (χ3v) is 2.58. The first kappa shape index (κ1) is 12.4. The van der Waals surface area contributed by atoms with Crippen LogP contribution in [0.25, 0.3) is 10.8 Å². The predicted octanol–water partition coefficient (Wildman–Crippen LogP) is 3.07. The fourth-order valence-corrected chi connectivity index (χ4v) is 1.66. The molecule has 0 spiro atoms. The summed E-state index contributed by atoms with van der Waals surface area (Å²) in [6.07, 6.45) is 4.88. The zero-order valence-electron chi connectivity index (χ0n) is 9.79. The lowest BCUT2D eigenvalue weighted by atomic mass is 10.1. The van der Waals surface area contributed by atoms with Gasteiger partial charge in [-0.2, -0.15) is 5.10 Å². The normalized spacial score (nSPS) is 9.67. The largest absolute Gasteiger partial charge is 0.245 e. The van der Waals surface area contributed by atoms with Gasteiger partial charge in [0.2, 0.25) is 0 Å². The van der Waals surface area contributed by atoms with Crippen LogP contribution in [0.1, 0.15) is 5.69 Å². The summed E-state index contributed by atoms with van der Waals surface area (Å²) >= 11 is 5.86. The standard InChI is InChI=1S/C9H7ClN2.C4H4N2/c1-6-7-4-2-3-5-8(7)9(10)12-11-6;1-2-5-4-6-3-1/h2-5H,1H3;1-4H. The molecule has 0 atom stereocenters. The minimum absolute atomic E-state index is 0.469. The van der Waals surface area contributed by atoms with Crippen LogP contribution in [0, 0.1) is 6.92 Å². The summed E-state index contributed by atoms with van der Waals surface area (Å²) < 4.78 is 0. The molecule has 2 aromatic heterocycles. The van der Waals surface area contributed by atoms with Crippen molar-refractivity contribution in [3.05, 3.63) is 59.9 Å². The lowest BCUT2D eigenvalue weighted by Crippen LogP contribution is -1.89. The number of aryl methyl sites for hydroxylation is 1. The van der Waals surface area contributed by atoms with Crippen LogP contribution in [0.4, 0.5) is 0 Å². The Morgan fingerprint density at radius 2 is 1.56 bits per heavy atom. The smallest absolute Gasteiger partial charge is 0.159 e. The van der Waals surface area contributed by atoms with E-state index >= 15 is 0 Å². The first-order valence-corrected chi connectivity index (χ1v) is 5.74. The van der Waals surface area contributed by atoms with Crippen molar-refractivity contribution in [1.29, 1.82) is 0 Å². The molecule has 3 rings (SSSR count). The molecule has 0 fully saturated rings. The molecule has 0 bridgehead atoms. The maximum Gasteiger partial charge on any atom is 0.159 e. The van der Waals surface area contributed by atoms with Gasteiger partial charge in [0.25, 0.3) is 0 Å². The Morgan fingerprint density at radius 3 is 2.06 bits per heavy atom. The summed E-state index contributed by atoms with van der Waals surface area (Å²) in [6.45, 7) is 1.92. The molecule has 0 saturated carbocycles. The molecule has 3 aromatic rings. The number of rotatable bonds is 0. The molecule has 0 aliphatic carbocycles. The third-order valence-electron chi connectivity index (χ3n) is 2.30. The van der Waals surface area contributed by atoms with Gasteiger partial charge < -0.3 is 0 Å². The van der Waals surface area contributed by atoms with Crippen molar-refractivity contribution in [2.45, 2.75) is 6.92 Å². The summed E-state index contributed by atoms with van der Waals surface area (Å²) in [5, 5.41) is 10.2. The zero-order chi connectivity index (χ0) is 12.8. The Bertz CT molecular complexity index is 561. The van der Waals surface area contributed by atoms with Gasteiger partial charge in [-0.15, -0.1) is 5.10 Å². The van der Waals surface area contributed by atoms with E-state index in [2.05, 4.69) is 20.2 Å². The van der Waals surface area contributed by atoms with Gasteiger partial charge in [0.15, 0.2) is 5.15 Å². The summed E-state index contributed by atoms with van der Waals surface area (Å²) in [5.74, 6) is 0. The van der Waals surface area contributed by atoms with E-state index in [0.29, 0.717) is 5.15 Å². The SMILES string of the molecule is Cc1nnc(Cl)c2ccccc12.c1cncnc1. The molecule has 4 nitrogen and oxygen atoms in total. The number of aromatic nitrogens is 4. The fraction of sp³-hybridized carbons (Fsp3) is 0.0769. The van der Waals surface area contributed by atoms with Crippen LogP contribution in [0.2, 0.25) is 5.15 Å². The second-order valence-electron chi connectivity index (χ2n) is 3.53. The van der Waals surface area contributed by atoms with Crippen LogP contribution in [-0.2, 0) is 0 Å². The average Bonchev–Trinajstić information content (AvgIpc) is 2.46. The van der Waals surface area contributed by atoms with Crippen molar-refractivity contribution in [3.63, 3.8) is 0 Å². The molecule has 18 heavy (non-hydrogen) atoms. The van der Waals surface area contributed by atoms with Gasteiger partial charge >= 0.3 is 0 Å². The van der Waals surface area contributed by atoms with Crippen molar-refractivity contribution in [2.24, 2.45) is 0 Å². The van der Waals surface area contributed by atoms with E-state index in [9.17, 15) is 0 Å². The van der Waals surface area contributed by atoms with E-state index in [-0.39, 0.29) is 0 Å². The summed E-state index contributed by atoms with van der Waals surface area (Å²) in [4.78, 5) is 7.35. The maximum absolute atomic E-state index is 5.86. The maximum atomic E-state index is 5.86. The van der Waals surface area contributed by atoms with Gasteiger partial charge in [-0.05, 0) is 13.0 Å². The van der Waals surface area contributed by atoms with E-state index in [1.165, 1.54) is 6.33 Å². The van der Waals surface area contributed by atoms with Gasteiger partial charge in [-0.3, -0.25) is 0 Å². The van der Waals surface area contributed by atoms with Crippen molar-refractivity contribution in [3.8, 4) is 0 Å². The summed E-state index contributed by atoms with van der Waals surface area (Å²) in [7, 11) is 0. The Labute approximate surface area is 110 Å². The molecule has 0 radical (unpaired) electrons. The van der Waals surface area contributed by atoms with Crippen molar-refractivity contribution in [2.75, 3.05) is 0 Å². The summed E-state index contributed by atoms with van der Waals surface area (Å²) in [6, 6.07) is 9.62. The molecular weight excluding hydrogens is 248 g/mol. The Kier molecular flexibility index (Phi) is 4.15. The third kappa shape index (κ3) is 2.99. The topological polar surface area (TPSA) is 51.6 Å². The van der Waals surface area contributed by atoms with E-state index in [1.807, 2.05) is 31.2 Å². The lowest BCUT2D eigenvalue weighted by molar-refractivity contribution is 1.00. The van der Waals surface area contributed by atoms with Crippen molar-refractivity contribution < 1.29 is 0 Å². The van der Waals surface area contributed by atoms with E-state index in [1.54, 1.807) is 18.5 Å². The van der Waals surface area contributed by atoms with Gasteiger partial charge in [0.1, 0.15) is 6.33 Å². The van der Waals surface area contributed by atoms with E-state index in [0.717, 1.165) is 16.5 Å². The fourth-order valence-electron chi connectivity index (χ4n) is 1.46. The van der Waals surface area contributed by atoms with Crippen LogP contribution < -0.4 is 0 Å². The number of hydrogen-bond donors (Lipinski definition) is 0. The molecule has 0 amide bonds. The Balaban J connectivity index is 0.000000169. The lowest BCUT2D eigenvalue weighted by Gasteiger charge is -1.99. The minimum atomic E-state index is 0.469.